The Morgan fingerprint density at radius 3 is 2.42 bits per heavy atom. The van der Waals surface area contributed by atoms with Gasteiger partial charge in [-0.3, -0.25) is 19.0 Å². The molecule has 2 aromatic carbocycles. The molecular weight excluding hydrogens is 774 g/mol. The van der Waals surface area contributed by atoms with Crippen LogP contribution in [0, 0.1) is 29.4 Å². The van der Waals surface area contributed by atoms with Gasteiger partial charge in [-0.15, -0.1) is 0 Å². The van der Waals surface area contributed by atoms with Crippen LogP contribution in [0.3, 0.4) is 0 Å². The number of halogens is 7. The van der Waals surface area contributed by atoms with Gasteiger partial charge in [0, 0.05) is 53.4 Å². The van der Waals surface area contributed by atoms with E-state index in [4.69, 9.17) is 16.6 Å². The van der Waals surface area contributed by atoms with Crippen LogP contribution in [-0.2, 0) is 41.9 Å². The molecule has 298 valence electrons. The molecule has 57 heavy (non-hydrogen) atoms. The molecule has 0 amide bonds. The molecule has 5 aromatic rings. The van der Waals surface area contributed by atoms with Crippen molar-refractivity contribution in [3.8, 4) is 23.0 Å². The maximum atomic E-state index is 15.4. The number of likely N-dealkylation sites (N-methyl/N-ethyl adjacent to an activating group) is 1. The van der Waals surface area contributed by atoms with Crippen molar-refractivity contribution in [3.63, 3.8) is 0 Å². The van der Waals surface area contributed by atoms with E-state index >= 15 is 8.78 Å². The number of aliphatic hydroxyl groups is 1. The highest BCUT2D eigenvalue weighted by atomic mass is 35.5. The minimum atomic E-state index is -3.46. The van der Waals surface area contributed by atoms with E-state index in [1.807, 2.05) is 0 Å². The van der Waals surface area contributed by atoms with Gasteiger partial charge in [0.25, 0.3) is 12.3 Å². The molecule has 0 unspecified atom stereocenters. The monoisotopic (exact) mass is 810 g/mol. The van der Waals surface area contributed by atoms with Gasteiger partial charge < -0.3 is 10.4 Å². The quantitative estimate of drug-likeness (QED) is 0.0945. The Bertz CT molecular complexity index is 2480. The third-order valence-electron chi connectivity index (χ3n) is 10.2. The molecule has 2 aliphatic rings. The third kappa shape index (κ3) is 7.95. The summed E-state index contributed by atoms with van der Waals surface area (Å²) in [5.74, 6) is -3.44. The number of nitrogens with one attached hydrogen (secondary N) is 1. The highest BCUT2D eigenvalue weighted by Crippen LogP contribution is 2.68. The van der Waals surface area contributed by atoms with Crippen molar-refractivity contribution >= 4 is 34.1 Å². The van der Waals surface area contributed by atoms with E-state index in [1.54, 1.807) is 43.0 Å². The lowest BCUT2D eigenvalue weighted by Crippen LogP contribution is -2.24. The lowest BCUT2D eigenvalue weighted by molar-refractivity contribution is -0.120. The first kappa shape index (κ1) is 40.2. The van der Waals surface area contributed by atoms with Crippen LogP contribution in [0.4, 0.5) is 26.3 Å². The molecule has 0 aliphatic heterocycles. The lowest BCUT2D eigenvalue weighted by atomic mass is 9.86. The number of hydrogen-bond acceptors (Lipinski definition) is 7. The van der Waals surface area contributed by atoms with E-state index in [-0.39, 0.29) is 54.1 Å². The van der Waals surface area contributed by atoms with Gasteiger partial charge >= 0.3 is 0 Å². The Morgan fingerprint density at radius 1 is 1.05 bits per heavy atom. The number of aryl methyl sites for hydroxylation is 1. The molecule has 0 bridgehead atoms. The molecule has 7 rings (SSSR count). The van der Waals surface area contributed by atoms with Crippen molar-refractivity contribution in [1.29, 1.82) is 0 Å². The molecule has 3 atom stereocenters. The second-order valence-electron chi connectivity index (χ2n) is 15.2. The largest absolute Gasteiger partial charge is 0.378 e. The average molecular weight is 811 g/mol. The van der Waals surface area contributed by atoms with Gasteiger partial charge in [0.05, 0.1) is 34.9 Å². The highest BCUT2D eigenvalue weighted by Gasteiger charge is 2.67. The molecule has 1 saturated carbocycles. The SMILES string of the molecule is CNCC(=O)Cc1nn(C)c2c(-c3ccc(C#CC(C)(C)O)nc3[C@@H](CC(=O)Cn3nc(C(F)F)c4c3C(F)(F)[C@@H]3C[C@H]43)Cc3cc(F)cc(F)c3)ccc(Cl)c12. The summed E-state index contributed by atoms with van der Waals surface area (Å²) < 4.78 is 90.4. The van der Waals surface area contributed by atoms with Crippen molar-refractivity contribution in [2.24, 2.45) is 13.0 Å². The molecule has 0 spiro atoms. The predicted molar refractivity (Wildman–Crippen MR) is 199 cm³/mol. The average Bonchev–Trinajstić information content (AvgIpc) is 3.65. The van der Waals surface area contributed by atoms with E-state index in [2.05, 4.69) is 27.4 Å². The van der Waals surface area contributed by atoms with Gasteiger partial charge in [0.2, 0.25) is 0 Å². The number of aromatic nitrogens is 5. The topological polar surface area (TPSA) is 115 Å². The van der Waals surface area contributed by atoms with Gasteiger partial charge in [-0.1, -0.05) is 23.6 Å². The van der Waals surface area contributed by atoms with E-state index in [9.17, 15) is 32.3 Å². The number of hydrogen-bond donors (Lipinski definition) is 2. The smallest absolute Gasteiger partial charge is 0.293 e. The van der Waals surface area contributed by atoms with Gasteiger partial charge in [-0.05, 0) is 81.5 Å². The Balaban J connectivity index is 1.37. The standard InChI is InChI=1S/C41H37ClF6N6O3/c1-40(2,57)10-9-24-5-6-27(28-7-8-31(42)34-32(16-25(55)18-49-3)51-53(4)37(28)34)35(50-24)21(11-20-12-22(43)15-23(44)13-20)14-26(56)19-54-38-33(36(52-54)39(45)46)29-17-30(29)41(38,47)48/h5-8,12-13,15,21,29-30,39,49,57H,11,14,16-19H2,1-4H3/t21-,29+,30-/m1/s1. The summed E-state index contributed by atoms with van der Waals surface area (Å²) in [4.78, 5) is 31.6. The maximum absolute atomic E-state index is 15.4. The number of fused-ring (bicyclic) bond motifs is 4. The van der Waals surface area contributed by atoms with Crippen molar-refractivity contribution in [2.45, 2.75) is 75.9 Å². The molecule has 2 N–H and O–H groups in total. The fourth-order valence-electron chi connectivity index (χ4n) is 7.91. The first-order chi connectivity index (χ1) is 26.9. The molecule has 9 nitrogen and oxygen atoms in total. The summed E-state index contributed by atoms with van der Waals surface area (Å²) in [5, 5.41) is 22.4. The van der Waals surface area contributed by atoms with E-state index in [1.165, 1.54) is 13.8 Å². The van der Waals surface area contributed by atoms with Gasteiger partial charge in [-0.2, -0.15) is 19.0 Å². The van der Waals surface area contributed by atoms with Gasteiger partial charge in [0.1, 0.15) is 40.9 Å². The van der Waals surface area contributed by atoms with Crippen molar-refractivity contribution in [3.05, 3.63) is 98.7 Å². The fourth-order valence-corrected chi connectivity index (χ4v) is 8.17. The summed E-state index contributed by atoms with van der Waals surface area (Å²) in [6.45, 7) is 2.26. The first-order valence-electron chi connectivity index (χ1n) is 18.2. The molecule has 3 heterocycles. The van der Waals surface area contributed by atoms with E-state index in [0.29, 0.717) is 43.5 Å². The second-order valence-corrected chi connectivity index (χ2v) is 15.6. The van der Waals surface area contributed by atoms with Crippen LogP contribution in [0.15, 0.2) is 42.5 Å². The van der Waals surface area contributed by atoms with Crippen LogP contribution in [0.2, 0.25) is 5.02 Å². The minimum absolute atomic E-state index is 0.0366. The number of alkyl halides is 4. The van der Waals surface area contributed by atoms with Crippen molar-refractivity contribution in [1.82, 2.24) is 29.9 Å². The molecule has 0 saturated heterocycles. The molecule has 1 fully saturated rings. The van der Waals surface area contributed by atoms with Crippen LogP contribution in [-0.4, -0.2) is 60.4 Å². The highest BCUT2D eigenvalue weighted by molar-refractivity contribution is 6.36. The maximum Gasteiger partial charge on any atom is 0.293 e. The van der Waals surface area contributed by atoms with Crippen LogP contribution in [0.5, 0.6) is 0 Å². The number of carbonyl (C=O) groups is 2. The zero-order chi connectivity index (χ0) is 41.1. The number of rotatable bonds is 13. The minimum Gasteiger partial charge on any atom is -0.378 e. The summed E-state index contributed by atoms with van der Waals surface area (Å²) >= 11 is 6.72. The third-order valence-corrected chi connectivity index (χ3v) is 10.5. The van der Waals surface area contributed by atoms with Gasteiger partial charge in [0.15, 0.2) is 11.6 Å². The fraction of sp³-hybridized carbons (Fsp3) is 0.390. The van der Waals surface area contributed by atoms with E-state index in [0.717, 1.165) is 12.1 Å². The number of Topliss-reactive ketones (excluding diaryl/α,β-unsaturated/α-hetero) is 2. The van der Waals surface area contributed by atoms with Crippen LogP contribution < -0.4 is 5.32 Å². The zero-order valence-corrected chi connectivity index (χ0v) is 32.0. The molecule has 0 radical (unpaired) electrons. The van der Waals surface area contributed by atoms with Crippen LogP contribution in [0.1, 0.15) is 84.5 Å². The second kappa shape index (κ2) is 15.0. The Kier molecular flexibility index (Phi) is 10.6. The number of benzene rings is 2. The Labute approximate surface area is 328 Å². The number of nitrogens with zero attached hydrogens (tertiary/aromatic N) is 5. The van der Waals surface area contributed by atoms with Crippen molar-refractivity contribution < 1.29 is 41.0 Å². The molecule has 2 aliphatic carbocycles. The summed E-state index contributed by atoms with van der Waals surface area (Å²) in [6, 6.07) is 9.44. The lowest BCUT2D eigenvalue weighted by Gasteiger charge is -2.22. The predicted octanol–water partition coefficient (Wildman–Crippen LogP) is 7.35. The zero-order valence-electron chi connectivity index (χ0n) is 31.2. The summed E-state index contributed by atoms with van der Waals surface area (Å²) in [6.07, 6.45) is -3.76. The first-order valence-corrected chi connectivity index (χ1v) is 18.5. The van der Waals surface area contributed by atoms with Crippen LogP contribution in [0.25, 0.3) is 22.0 Å². The Hall–Kier alpha value is -5.04. The number of pyridine rings is 1. The van der Waals surface area contributed by atoms with E-state index < -0.39 is 77.5 Å². The van der Waals surface area contributed by atoms with Crippen LogP contribution >= 0.6 is 11.6 Å². The van der Waals surface area contributed by atoms with Crippen molar-refractivity contribution in [2.75, 3.05) is 13.6 Å². The molecule has 16 heteroatoms. The number of carbonyl (C=O) groups excluding carboxylic acids is 2. The van der Waals surface area contributed by atoms with Gasteiger partial charge in [-0.25, -0.2) is 22.5 Å². The number of ketones is 2. The normalized spacial score (nSPS) is 17.4. The Morgan fingerprint density at radius 2 is 1.75 bits per heavy atom. The summed E-state index contributed by atoms with van der Waals surface area (Å²) in [7, 11) is 3.31. The molecule has 3 aromatic heterocycles. The summed E-state index contributed by atoms with van der Waals surface area (Å²) in [5.41, 5.74) is -0.740. The molecular formula is C41H37ClF6N6O3.